The molecular weight excluding hydrogens is 547 g/mol. The molecule has 1 aromatic heterocycles. The zero-order chi connectivity index (χ0) is 29.1. The molecule has 9 nitrogen and oxygen atoms in total. The van der Waals surface area contributed by atoms with Crippen molar-refractivity contribution < 1.29 is 31.2 Å². The molecule has 13 heteroatoms. The number of nitrogens with one attached hydrogen (secondary N) is 2. The Kier molecular flexibility index (Phi) is 9.23. The van der Waals surface area contributed by atoms with Crippen LogP contribution in [-0.4, -0.2) is 60.0 Å². The molecule has 1 aliphatic heterocycles. The highest BCUT2D eigenvalue weighted by Gasteiger charge is 2.39. The number of halogens is 3. The van der Waals surface area contributed by atoms with Gasteiger partial charge in [-0.05, 0) is 56.6 Å². The maximum absolute atomic E-state index is 13.6. The minimum atomic E-state index is -4.85. The number of carbonyl (C=O) groups is 2. The molecule has 1 aliphatic carbocycles. The first-order chi connectivity index (χ1) is 18.9. The van der Waals surface area contributed by atoms with Crippen LogP contribution in [0, 0.1) is 5.92 Å². The minimum Gasteiger partial charge on any atom is -0.353 e. The van der Waals surface area contributed by atoms with Crippen molar-refractivity contribution >= 4 is 21.8 Å². The van der Waals surface area contributed by atoms with Crippen molar-refractivity contribution in [3.05, 3.63) is 46.8 Å². The highest BCUT2D eigenvalue weighted by atomic mass is 32.2. The van der Waals surface area contributed by atoms with Crippen LogP contribution in [0.2, 0.25) is 0 Å². The Hall–Kier alpha value is -2.93. The van der Waals surface area contributed by atoms with Crippen LogP contribution in [0.15, 0.2) is 29.2 Å². The maximum Gasteiger partial charge on any atom is 0.417 e. The van der Waals surface area contributed by atoms with Gasteiger partial charge < -0.3 is 10.6 Å². The first-order valence-electron chi connectivity index (χ1n) is 13.7. The average Bonchev–Trinajstić information content (AvgIpc) is 3.25. The summed E-state index contributed by atoms with van der Waals surface area (Å²) in [6.07, 6.45) is -1.79. The van der Waals surface area contributed by atoms with E-state index in [-0.39, 0.29) is 50.8 Å². The maximum atomic E-state index is 13.6. The van der Waals surface area contributed by atoms with Crippen molar-refractivity contribution in [3.8, 4) is 0 Å². The number of fused-ring (bicyclic) bond motifs is 1. The van der Waals surface area contributed by atoms with Crippen molar-refractivity contribution in [1.29, 1.82) is 0 Å². The van der Waals surface area contributed by atoms with Crippen LogP contribution >= 0.6 is 0 Å². The van der Waals surface area contributed by atoms with Gasteiger partial charge in [0.1, 0.15) is 0 Å². The van der Waals surface area contributed by atoms with E-state index >= 15 is 0 Å². The summed E-state index contributed by atoms with van der Waals surface area (Å²) >= 11 is 0. The highest BCUT2D eigenvalue weighted by Crippen LogP contribution is 2.35. The molecule has 220 valence electrons. The molecule has 1 atom stereocenters. The summed E-state index contributed by atoms with van der Waals surface area (Å²) in [5, 5.41) is 10.4. The van der Waals surface area contributed by atoms with Crippen molar-refractivity contribution in [1.82, 2.24) is 24.7 Å². The van der Waals surface area contributed by atoms with Gasteiger partial charge in [0.2, 0.25) is 15.9 Å². The Bertz CT molecular complexity index is 1340. The lowest BCUT2D eigenvalue weighted by molar-refractivity contribution is -0.140. The number of amides is 2. The summed E-state index contributed by atoms with van der Waals surface area (Å²) in [4.78, 5) is 25.1. The van der Waals surface area contributed by atoms with Crippen LogP contribution in [0.4, 0.5) is 13.2 Å². The minimum absolute atomic E-state index is 0.0218. The second-order valence-corrected chi connectivity index (χ2v) is 12.7. The van der Waals surface area contributed by atoms with E-state index in [4.69, 9.17) is 0 Å². The van der Waals surface area contributed by atoms with Crippen molar-refractivity contribution in [2.75, 3.05) is 19.6 Å². The Labute approximate surface area is 232 Å². The fourth-order valence-corrected chi connectivity index (χ4v) is 6.96. The van der Waals surface area contributed by atoms with Gasteiger partial charge in [-0.15, -0.1) is 0 Å². The van der Waals surface area contributed by atoms with E-state index in [1.165, 1.54) is 6.07 Å². The van der Waals surface area contributed by atoms with Crippen LogP contribution in [0.1, 0.15) is 73.3 Å². The van der Waals surface area contributed by atoms with Gasteiger partial charge in [-0.25, -0.2) is 8.42 Å². The van der Waals surface area contributed by atoms with Gasteiger partial charge in [0.25, 0.3) is 5.91 Å². The smallest absolute Gasteiger partial charge is 0.353 e. The van der Waals surface area contributed by atoms with Gasteiger partial charge >= 0.3 is 6.18 Å². The molecule has 2 aromatic rings. The number of alkyl halides is 3. The number of hydrogen-bond acceptors (Lipinski definition) is 5. The molecule has 0 radical (unpaired) electrons. The molecule has 0 saturated heterocycles. The molecule has 2 N–H and O–H groups in total. The number of rotatable bonds is 5. The first kappa shape index (κ1) is 30.0. The normalized spacial score (nSPS) is 20.0. The molecule has 1 aromatic carbocycles. The number of hydrogen-bond donors (Lipinski definition) is 2. The molecule has 40 heavy (non-hydrogen) atoms. The lowest BCUT2D eigenvalue weighted by Crippen LogP contribution is -2.40. The van der Waals surface area contributed by atoms with Gasteiger partial charge in [0, 0.05) is 49.9 Å². The monoisotopic (exact) mass is 583 g/mol. The zero-order valence-corrected chi connectivity index (χ0v) is 23.6. The lowest BCUT2D eigenvalue weighted by atomic mass is 9.91. The van der Waals surface area contributed by atoms with Gasteiger partial charge in [0.05, 0.1) is 10.5 Å². The second-order valence-electron chi connectivity index (χ2n) is 10.8. The predicted molar refractivity (Wildman–Crippen MR) is 142 cm³/mol. The van der Waals surface area contributed by atoms with Crippen LogP contribution in [0.3, 0.4) is 0 Å². The predicted octanol–water partition coefficient (Wildman–Crippen LogP) is 3.53. The summed E-state index contributed by atoms with van der Waals surface area (Å²) in [5.41, 5.74) is 0.882. The standard InChI is InChI=1S/C27H36F3N5O4S/c1-18(2)12-16-35-22-11-10-19-17-20(22)25(33-35)26(37)31-13-6-15-34(14-5-9-24(36)32-19)40(38,39)23-8-4-3-7-21(23)27(28,29)30/h3-4,7-8,18-19H,5-6,9-17H2,1-2H3,(H,31,37)(H,32,36). The number of aryl methyl sites for hydroxylation is 1. The van der Waals surface area contributed by atoms with Crippen LogP contribution < -0.4 is 10.6 Å². The second kappa shape index (κ2) is 12.3. The quantitative estimate of drug-likeness (QED) is 0.559. The van der Waals surface area contributed by atoms with Gasteiger partial charge in [-0.3, -0.25) is 14.3 Å². The van der Waals surface area contributed by atoms with Crippen molar-refractivity contribution in [3.63, 3.8) is 0 Å². The van der Waals surface area contributed by atoms with Gasteiger partial charge in [-0.1, -0.05) is 26.0 Å². The Balaban J connectivity index is 1.58. The fourth-order valence-electron chi connectivity index (χ4n) is 5.23. The third-order valence-electron chi connectivity index (χ3n) is 7.34. The topological polar surface area (TPSA) is 113 Å². The first-order valence-corrected chi connectivity index (χ1v) is 15.1. The van der Waals surface area contributed by atoms with Crippen molar-refractivity contribution in [2.45, 2.75) is 82.5 Å². The highest BCUT2D eigenvalue weighted by molar-refractivity contribution is 7.89. The number of nitrogens with zero attached hydrogens (tertiary/aromatic N) is 3. The van der Waals surface area contributed by atoms with Gasteiger partial charge in [-0.2, -0.15) is 22.6 Å². The molecule has 2 aliphatic rings. The summed E-state index contributed by atoms with van der Waals surface area (Å²) in [6.45, 7) is 4.76. The van der Waals surface area contributed by atoms with E-state index in [0.29, 0.717) is 37.4 Å². The van der Waals surface area contributed by atoms with E-state index in [0.717, 1.165) is 40.2 Å². The molecule has 1 unspecified atom stereocenters. The fraction of sp³-hybridized carbons (Fsp3) is 0.593. The van der Waals surface area contributed by atoms with Crippen LogP contribution in [0.5, 0.6) is 0 Å². The van der Waals surface area contributed by atoms with E-state index in [1.54, 1.807) is 0 Å². The Morgan fingerprint density at radius 2 is 1.82 bits per heavy atom. The van der Waals surface area contributed by atoms with E-state index in [9.17, 15) is 31.2 Å². The molecule has 0 spiro atoms. The molecule has 4 rings (SSSR count). The number of benzene rings is 1. The van der Waals surface area contributed by atoms with E-state index in [1.807, 2.05) is 4.68 Å². The molecule has 2 amide bonds. The summed E-state index contributed by atoms with van der Waals surface area (Å²) < 4.78 is 70.5. The molecular formula is C27H36F3N5O4S. The summed E-state index contributed by atoms with van der Waals surface area (Å²) in [5.74, 6) is -0.201. The molecule has 2 heterocycles. The lowest BCUT2D eigenvalue weighted by Gasteiger charge is -2.25. The molecule has 0 fully saturated rings. The average molecular weight is 584 g/mol. The largest absolute Gasteiger partial charge is 0.417 e. The van der Waals surface area contributed by atoms with E-state index < -0.39 is 32.6 Å². The summed E-state index contributed by atoms with van der Waals surface area (Å²) in [7, 11) is -4.53. The Morgan fingerprint density at radius 3 is 2.55 bits per heavy atom. The summed E-state index contributed by atoms with van der Waals surface area (Å²) in [6, 6.07) is 3.87. The van der Waals surface area contributed by atoms with Crippen LogP contribution in [0.25, 0.3) is 0 Å². The third-order valence-corrected chi connectivity index (χ3v) is 9.29. The van der Waals surface area contributed by atoms with E-state index in [2.05, 4.69) is 29.6 Å². The number of carbonyl (C=O) groups excluding carboxylic acids is 2. The van der Waals surface area contributed by atoms with Crippen LogP contribution in [-0.2, 0) is 40.4 Å². The third kappa shape index (κ3) is 6.85. The van der Waals surface area contributed by atoms with Gasteiger partial charge in [0.15, 0.2) is 5.69 Å². The Morgan fingerprint density at radius 1 is 1.10 bits per heavy atom. The zero-order valence-electron chi connectivity index (χ0n) is 22.8. The SMILES string of the molecule is CC(C)CCn1nc2c3c1CCC(C3)NC(=O)CCCN(S(=O)(=O)c1ccccc1C(F)(F)F)CCCNC2=O. The number of aromatic nitrogens is 2. The molecule has 2 bridgehead atoms. The van der Waals surface area contributed by atoms with Crippen molar-refractivity contribution in [2.24, 2.45) is 5.92 Å². The molecule has 0 saturated carbocycles. The number of sulfonamides is 1.